The molecule has 1 saturated heterocycles. The highest BCUT2D eigenvalue weighted by Gasteiger charge is 2.27. The second-order valence-electron chi connectivity index (χ2n) is 4.85. The minimum Gasteiger partial charge on any atom is -0.484 e. The molecular weight excluding hydrogens is 252 g/mol. The molecule has 1 aliphatic heterocycles. The number of halogens is 2. The van der Waals surface area contributed by atoms with Gasteiger partial charge in [-0.05, 0) is 26.0 Å². The van der Waals surface area contributed by atoms with Gasteiger partial charge in [0.1, 0.15) is 6.10 Å². The lowest BCUT2D eigenvalue weighted by atomic mass is 10.0. The van der Waals surface area contributed by atoms with E-state index in [-0.39, 0.29) is 23.9 Å². The first-order valence-corrected chi connectivity index (χ1v) is 6.21. The smallest absolute Gasteiger partial charge is 0.191 e. The summed E-state index contributed by atoms with van der Waals surface area (Å²) in [6, 6.07) is 3.65. The molecule has 0 N–H and O–H groups in total. The standard InChI is InChI=1S/C14H15F2NO2/c1-8-3-11(4-9(2)18-8)19-14-12(15)5-10(7-17)6-13(14)16/h5-6,8-9,11H,3-4H2,1-2H3. The summed E-state index contributed by atoms with van der Waals surface area (Å²) >= 11 is 0. The molecule has 1 aromatic rings. The number of hydrogen-bond acceptors (Lipinski definition) is 3. The molecule has 1 heterocycles. The molecule has 3 nitrogen and oxygen atoms in total. The first kappa shape index (κ1) is 13.8. The van der Waals surface area contributed by atoms with Gasteiger partial charge in [-0.3, -0.25) is 0 Å². The molecule has 2 atom stereocenters. The van der Waals surface area contributed by atoms with Gasteiger partial charge in [0.05, 0.1) is 23.8 Å². The SMILES string of the molecule is CC1CC(Oc2c(F)cc(C#N)cc2F)CC(C)O1. The fourth-order valence-corrected chi connectivity index (χ4v) is 2.34. The third-order valence-electron chi connectivity index (χ3n) is 3.07. The van der Waals surface area contributed by atoms with Gasteiger partial charge < -0.3 is 9.47 Å². The second kappa shape index (κ2) is 5.54. The summed E-state index contributed by atoms with van der Waals surface area (Å²) in [7, 11) is 0. The summed E-state index contributed by atoms with van der Waals surface area (Å²) < 4.78 is 38.4. The number of nitriles is 1. The van der Waals surface area contributed by atoms with Crippen LogP contribution in [0.5, 0.6) is 5.75 Å². The molecule has 0 spiro atoms. The molecular formula is C14H15F2NO2. The summed E-state index contributed by atoms with van der Waals surface area (Å²) in [5.41, 5.74) is -0.0592. The lowest BCUT2D eigenvalue weighted by molar-refractivity contribution is -0.0734. The van der Waals surface area contributed by atoms with E-state index in [0.29, 0.717) is 12.8 Å². The molecule has 0 radical (unpaired) electrons. The van der Waals surface area contributed by atoms with Gasteiger partial charge in [-0.2, -0.15) is 5.26 Å². The van der Waals surface area contributed by atoms with Crippen molar-refractivity contribution in [1.82, 2.24) is 0 Å². The van der Waals surface area contributed by atoms with Crippen LogP contribution in [0.4, 0.5) is 8.78 Å². The van der Waals surface area contributed by atoms with E-state index in [1.165, 1.54) is 0 Å². The fraction of sp³-hybridized carbons (Fsp3) is 0.500. The Morgan fingerprint density at radius 3 is 2.21 bits per heavy atom. The molecule has 0 amide bonds. The van der Waals surface area contributed by atoms with E-state index in [1.54, 1.807) is 6.07 Å². The number of benzene rings is 1. The van der Waals surface area contributed by atoms with Crippen molar-refractivity contribution >= 4 is 0 Å². The van der Waals surface area contributed by atoms with E-state index < -0.39 is 17.4 Å². The number of nitrogens with zero attached hydrogens (tertiary/aromatic N) is 1. The van der Waals surface area contributed by atoms with E-state index in [4.69, 9.17) is 14.7 Å². The zero-order valence-electron chi connectivity index (χ0n) is 10.8. The highest BCUT2D eigenvalue weighted by atomic mass is 19.1. The number of hydrogen-bond donors (Lipinski definition) is 0. The Bertz CT molecular complexity index is 480. The van der Waals surface area contributed by atoms with Crippen molar-refractivity contribution in [2.75, 3.05) is 0 Å². The van der Waals surface area contributed by atoms with Gasteiger partial charge in [0.25, 0.3) is 0 Å². The zero-order chi connectivity index (χ0) is 14.0. The molecule has 0 saturated carbocycles. The minimum absolute atomic E-state index is 0.00162. The van der Waals surface area contributed by atoms with Gasteiger partial charge in [0, 0.05) is 12.8 Å². The van der Waals surface area contributed by atoms with Crippen LogP contribution in [-0.4, -0.2) is 18.3 Å². The monoisotopic (exact) mass is 267 g/mol. The molecule has 0 bridgehead atoms. The van der Waals surface area contributed by atoms with Crippen LogP contribution in [-0.2, 0) is 4.74 Å². The molecule has 1 aliphatic rings. The Kier molecular flexibility index (Phi) is 4.01. The molecule has 102 valence electrons. The van der Waals surface area contributed by atoms with Crippen LogP contribution < -0.4 is 4.74 Å². The Hall–Kier alpha value is -1.67. The van der Waals surface area contributed by atoms with E-state index in [1.807, 2.05) is 13.8 Å². The predicted octanol–water partition coefficient (Wildman–Crippen LogP) is 3.17. The van der Waals surface area contributed by atoms with Crippen LogP contribution in [0.3, 0.4) is 0 Å². The van der Waals surface area contributed by atoms with Crippen molar-refractivity contribution in [1.29, 1.82) is 5.26 Å². The van der Waals surface area contributed by atoms with Crippen molar-refractivity contribution in [3.63, 3.8) is 0 Å². The maximum atomic E-state index is 13.7. The lowest BCUT2D eigenvalue weighted by Gasteiger charge is -2.32. The minimum atomic E-state index is -0.844. The molecule has 2 unspecified atom stereocenters. The summed E-state index contributed by atoms with van der Waals surface area (Å²) in [4.78, 5) is 0. The van der Waals surface area contributed by atoms with Crippen LogP contribution in [0.2, 0.25) is 0 Å². The van der Waals surface area contributed by atoms with Crippen LogP contribution in [0.15, 0.2) is 12.1 Å². The Balaban J connectivity index is 2.17. The normalized spacial score (nSPS) is 26.8. The van der Waals surface area contributed by atoms with Crippen LogP contribution in [0.25, 0.3) is 0 Å². The van der Waals surface area contributed by atoms with Crippen molar-refractivity contribution in [3.05, 3.63) is 29.3 Å². The largest absolute Gasteiger partial charge is 0.484 e. The van der Waals surface area contributed by atoms with Gasteiger partial charge >= 0.3 is 0 Å². The molecule has 1 fully saturated rings. The highest BCUT2D eigenvalue weighted by molar-refractivity contribution is 5.37. The van der Waals surface area contributed by atoms with Gasteiger partial charge in [-0.25, -0.2) is 8.78 Å². The van der Waals surface area contributed by atoms with Crippen molar-refractivity contribution in [2.45, 2.75) is 45.0 Å². The average Bonchev–Trinajstić information content (AvgIpc) is 2.32. The Labute approximate surface area is 110 Å². The quantitative estimate of drug-likeness (QED) is 0.826. The van der Waals surface area contributed by atoms with E-state index in [9.17, 15) is 8.78 Å². The summed E-state index contributed by atoms with van der Waals surface area (Å²) in [6.45, 7) is 3.80. The molecule has 1 aromatic carbocycles. The third-order valence-corrected chi connectivity index (χ3v) is 3.07. The van der Waals surface area contributed by atoms with Crippen molar-refractivity contribution in [3.8, 4) is 11.8 Å². The van der Waals surface area contributed by atoms with Crippen molar-refractivity contribution < 1.29 is 18.3 Å². The Morgan fingerprint density at radius 1 is 1.21 bits per heavy atom. The van der Waals surface area contributed by atoms with Crippen molar-refractivity contribution in [2.24, 2.45) is 0 Å². The number of rotatable bonds is 2. The average molecular weight is 267 g/mol. The van der Waals surface area contributed by atoms with Crippen LogP contribution in [0.1, 0.15) is 32.3 Å². The second-order valence-corrected chi connectivity index (χ2v) is 4.85. The molecule has 0 aliphatic carbocycles. The van der Waals surface area contributed by atoms with Gasteiger partial charge in [-0.1, -0.05) is 0 Å². The lowest BCUT2D eigenvalue weighted by Crippen LogP contribution is -2.36. The maximum absolute atomic E-state index is 13.7. The fourth-order valence-electron chi connectivity index (χ4n) is 2.34. The molecule has 19 heavy (non-hydrogen) atoms. The summed E-state index contributed by atoms with van der Waals surface area (Å²) in [5.74, 6) is -2.10. The molecule has 2 rings (SSSR count). The predicted molar refractivity (Wildman–Crippen MR) is 64.7 cm³/mol. The van der Waals surface area contributed by atoms with Gasteiger partial charge in [0.2, 0.25) is 0 Å². The molecule has 0 aromatic heterocycles. The summed E-state index contributed by atoms with van der Waals surface area (Å²) in [5, 5.41) is 8.63. The van der Waals surface area contributed by atoms with Gasteiger partial charge in [-0.15, -0.1) is 0 Å². The van der Waals surface area contributed by atoms with E-state index >= 15 is 0 Å². The third kappa shape index (κ3) is 3.21. The highest BCUT2D eigenvalue weighted by Crippen LogP contribution is 2.28. The van der Waals surface area contributed by atoms with Crippen LogP contribution in [0, 0.1) is 23.0 Å². The van der Waals surface area contributed by atoms with E-state index in [2.05, 4.69) is 0 Å². The summed E-state index contributed by atoms with van der Waals surface area (Å²) in [6.07, 6.45) is 0.888. The molecule has 5 heteroatoms. The van der Waals surface area contributed by atoms with Gasteiger partial charge in [0.15, 0.2) is 17.4 Å². The maximum Gasteiger partial charge on any atom is 0.191 e. The zero-order valence-corrected chi connectivity index (χ0v) is 10.8. The first-order chi connectivity index (χ1) is 8.99. The topological polar surface area (TPSA) is 42.2 Å². The first-order valence-electron chi connectivity index (χ1n) is 6.21. The van der Waals surface area contributed by atoms with E-state index in [0.717, 1.165) is 12.1 Å². The Morgan fingerprint density at radius 2 is 1.74 bits per heavy atom. The number of ether oxygens (including phenoxy) is 2. The van der Waals surface area contributed by atoms with Crippen LogP contribution >= 0.6 is 0 Å².